The summed E-state index contributed by atoms with van der Waals surface area (Å²) >= 11 is 0. The van der Waals surface area contributed by atoms with Crippen LogP contribution in [-0.4, -0.2) is 50.1 Å². The molecular formula is C24H25N3O6. The van der Waals surface area contributed by atoms with Crippen molar-refractivity contribution in [3.05, 3.63) is 60.2 Å². The number of nitrogens with one attached hydrogen (secondary N) is 2. The van der Waals surface area contributed by atoms with E-state index in [4.69, 9.17) is 14.2 Å². The summed E-state index contributed by atoms with van der Waals surface area (Å²) in [6, 6.07) is 12.4. The molecular weight excluding hydrogens is 426 g/mol. The van der Waals surface area contributed by atoms with E-state index in [1.54, 1.807) is 48.4 Å². The van der Waals surface area contributed by atoms with Gasteiger partial charge in [0.25, 0.3) is 0 Å². The molecule has 0 radical (unpaired) electrons. The molecule has 0 atom stereocenters. The summed E-state index contributed by atoms with van der Waals surface area (Å²) in [6.45, 7) is 0.752. The van der Waals surface area contributed by atoms with Gasteiger partial charge in [-0.25, -0.2) is 4.79 Å². The quantitative estimate of drug-likeness (QED) is 0.676. The van der Waals surface area contributed by atoms with Crippen molar-refractivity contribution in [2.75, 3.05) is 37.9 Å². The Balaban J connectivity index is 1.40. The number of anilines is 2. The van der Waals surface area contributed by atoms with Crippen LogP contribution in [0.3, 0.4) is 0 Å². The first-order chi connectivity index (χ1) is 15.9. The molecule has 1 spiro atoms. The number of piperidine rings is 1. The van der Waals surface area contributed by atoms with Gasteiger partial charge in [-0.15, -0.1) is 0 Å². The molecule has 1 saturated heterocycles. The van der Waals surface area contributed by atoms with E-state index in [0.29, 0.717) is 48.8 Å². The number of para-hydroxylation sites is 2. The summed E-state index contributed by atoms with van der Waals surface area (Å²) in [5.41, 5.74) is 1.21. The van der Waals surface area contributed by atoms with E-state index in [0.717, 1.165) is 5.56 Å². The second-order valence-electron chi connectivity index (χ2n) is 7.77. The lowest BCUT2D eigenvalue weighted by Gasteiger charge is -2.44. The molecule has 2 aliphatic rings. The van der Waals surface area contributed by atoms with E-state index in [1.807, 2.05) is 6.07 Å². The highest BCUT2D eigenvalue weighted by Crippen LogP contribution is 2.44. The van der Waals surface area contributed by atoms with Gasteiger partial charge in [0, 0.05) is 43.6 Å². The molecule has 0 saturated carbocycles. The molecule has 3 amide bonds. The van der Waals surface area contributed by atoms with Crippen molar-refractivity contribution >= 4 is 29.3 Å². The Bertz CT molecular complexity index is 1110. The van der Waals surface area contributed by atoms with Crippen LogP contribution < -0.4 is 20.1 Å². The number of likely N-dealkylation sites (tertiary alicyclic amines) is 1. The van der Waals surface area contributed by atoms with Gasteiger partial charge in [-0.2, -0.15) is 0 Å². The van der Waals surface area contributed by atoms with Crippen molar-refractivity contribution in [3.63, 3.8) is 0 Å². The third-order valence-electron chi connectivity index (χ3n) is 5.87. The van der Waals surface area contributed by atoms with Gasteiger partial charge in [0.1, 0.15) is 17.1 Å². The Morgan fingerprint density at radius 3 is 2.58 bits per heavy atom. The largest absolute Gasteiger partial charge is 0.497 e. The van der Waals surface area contributed by atoms with E-state index in [-0.39, 0.29) is 5.91 Å². The average molecular weight is 451 g/mol. The minimum atomic E-state index is -0.825. The Hall–Kier alpha value is -4.01. The lowest BCUT2D eigenvalue weighted by atomic mass is 9.82. The molecule has 2 aromatic rings. The Kier molecular flexibility index (Phi) is 6.21. The first-order valence-electron chi connectivity index (χ1n) is 10.5. The van der Waals surface area contributed by atoms with Crippen LogP contribution >= 0.6 is 0 Å². The monoisotopic (exact) mass is 451 g/mol. The fraction of sp³-hybridized carbons (Fsp3) is 0.292. The Labute approximate surface area is 191 Å². The SMILES string of the molecule is COc1ccc2c(c1)C1(CCN(C(=O)/C=C/C(=O)Nc3ccccc3OC)CC1)OC(=O)N2. The van der Waals surface area contributed by atoms with Crippen LogP contribution in [0.1, 0.15) is 18.4 Å². The lowest BCUT2D eigenvalue weighted by molar-refractivity contribution is -0.130. The summed E-state index contributed by atoms with van der Waals surface area (Å²) in [5.74, 6) is 0.469. The highest BCUT2D eigenvalue weighted by molar-refractivity contribution is 6.04. The third kappa shape index (κ3) is 4.62. The minimum Gasteiger partial charge on any atom is -0.497 e. The molecule has 0 unspecified atom stereocenters. The van der Waals surface area contributed by atoms with Crippen molar-refractivity contribution in [2.45, 2.75) is 18.4 Å². The van der Waals surface area contributed by atoms with Gasteiger partial charge in [-0.1, -0.05) is 12.1 Å². The number of amides is 3. The fourth-order valence-corrected chi connectivity index (χ4v) is 4.14. The van der Waals surface area contributed by atoms with Crippen LogP contribution in [0.25, 0.3) is 0 Å². The molecule has 9 nitrogen and oxygen atoms in total. The van der Waals surface area contributed by atoms with Crippen LogP contribution in [0.5, 0.6) is 11.5 Å². The van der Waals surface area contributed by atoms with E-state index in [1.165, 1.54) is 19.3 Å². The number of rotatable bonds is 5. The number of hydrogen-bond donors (Lipinski definition) is 2. The predicted octanol–water partition coefficient (Wildman–Crippen LogP) is 3.28. The number of benzene rings is 2. The van der Waals surface area contributed by atoms with Crippen LogP contribution in [0.15, 0.2) is 54.6 Å². The molecule has 1 fully saturated rings. The average Bonchev–Trinajstić information content (AvgIpc) is 2.83. The number of ether oxygens (including phenoxy) is 3. The number of carbonyl (C=O) groups is 3. The smallest absolute Gasteiger partial charge is 0.412 e. The van der Waals surface area contributed by atoms with E-state index >= 15 is 0 Å². The van der Waals surface area contributed by atoms with Crippen LogP contribution in [0.2, 0.25) is 0 Å². The molecule has 33 heavy (non-hydrogen) atoms. The maximum absolute atomic E-state index is 12.7. The van der Waals surface area contributed by atoms with Crippen LogP contribution in [0, 0.1) is 0 Å². The van der Waals surface area contributed by atoms with Gasteiger partial charge >= 0.3 is 6.09 Å². The van der Waals surface area contributed by atoms with Gasteiger partial charge < -0.3 is 24.4 Å². The summed E-state index contributed by atoms with van der Waals surface area (Å²) in [5, 5.41) is 5.41. The lowest BCUT2D eigenvalue weighted by Crippen LogP contribution is -2.49. The molecule has 0 aliphatic carbocycles. The summed E-state index contributed by atoms with van der Waals surface area (Å²) in [7, 11) is 3.09. The number of nitrogens with zero attached hydrogens (tertiary/aromatic N) is 1. The zero-order valence-electron chi connectivity index (χ0n) is 18.4. The van der Waals surface area contributed by atoms with E-state index < -0.39 is 17.6 Å². The Morgan fingerprint density at radius 2 is 1.85 bits per heavy atom. The number of fused-ring (bicyclic) bond motifs is 2. The van der Waals surface area contributed by atoms with Gasteiger partial charge in [-0.05, 0) is 30.3 Å². The molecule has 0 aromatic heterocycles. The van der Waals surface area contributed by atoms with Crippen molar-refractivity contribution in [3.8, 4) is 11.5 Å². The predicted molar refractivity (Wildman–Crippen MR) is 121 cm³/mol. The van der Waals surface area contributed by atoms with Crippen molar-refractivity contribution in [1.29, 1.82) is 0 Å². The Morgan fingerprint density at radius 1 is 1.09 bits per heavy atom. The minimum absolute atomic E-state index is 0.286. The molecule has 0 bridgehead atoms. The third-order valence-corrected chi connectivity index (χ3v) is 5.87. The molecule has 2 N–H and O–H groups in total. The molecule has 2 aromatic carbocycles. The highest BCUT2D eigenvalue weighted by atomic mass is 16.6. The molecule has 172 valence electrons. The number of hydrogen-bond acceptors (Lipinski definition) is 6. The number of methoxy groups -OCH3 is 2. The second kappa shape index (κ2) is 9.23. The van der Waals surface area contributed by atoms with E-state index in [2.05, 4.69) is 10.6 Å². The zero-order chi connectivity index (χ0) is 23.4. The van der Waals surface area contributed by atoms with Gasteiger partial charge in [0.2, 0.25) is 11.8 Å². The first kappa shape index (κ1) is 22.2. The zero-order valence-corrected chi connectivity index (χ0v) is 18.4. The standard InChI is InChI=1S/C24H25N3O6/c1-31-16-7-8-18-17(15-16)24(33-23(30)26-18)11-13-27(14-12-24)22(29)10-9-21(28)25-19-5-3-4-6-20(19)32-2/h3-10,15H,11-14H2,1-2H3,(H,25,28)(H,26,30)/b10-9+. The van der Waals surface area contributed by atoms with Crippen LogP contribution in [0.4, 0.5) is 16.2 Å². The number of carbonyl (C=O) groups excluding carboxylic acids is 3. The van der Waals surface area contributed by atoms with Crippen molar-refractivity contribution < 1.29 is 28.6 Å². The molecule has 4 rings (SSSR count). The van der Waals surface area contributed by atoms with Gasteiger partial charge in [0.05, 0.1) is 25.6 Å². The summed E-state index contributed by atoms with van der Waals surface area (Å²) < 4.78 is 16.2. The van der Waals surface area contributed by atoms with Crippen molar-refractivity contribution in [2.24, 2.45) is 0 Å². The second-order valence-corrected chi connectivity index (χ2v) is 7.77. The fourth-order valence-electron chi connectivity index (χ4n) is 4.14. The highest BCUT2D eigenvalue weighted by Gasteiger charge is 2.45. The molecule has 2 aliphatic heterocycles. The molecule has 9 heteroatoms. The van der Waals surface area contributed by atoms with Crippen molar-refractivity contribution in [1.82, 2.24) is 4.90 Å². The van der Waals surface area contributed by atoms with E-state index in [9.17, 15) is 14.4 Å². The normalized spacial score (nSPS) is 16.5. The molecule has 2 heterocycles. The topological polar surface area (TPSA) is 106 Å². The van der Waals surface area contributed by atoms with Gasteiger partial charge in [0.15, 0.2) is 0 Å². The maximum Gasteiger partial charge on any atom is 0.412 e. The first-order valence-corrected chi connectivity index (χ1v) is 10.5. The van der Waals surface area contributed by atoms with Gasteiger partial charge in [-0.3, -0.25) is 14.9 Å². The summed E-state index contributed by atoms with van der Waals surface area (Å²) in [4.78, 5) is 38.7. The maximum atomic E-state index is 12.7. The van der Waals surface area contributed by atoms with Crippen LogP contribution in [-0.2, 0) is 19.9 Å². The summed E-state index contributed by atoms with van der Waals surface area (Å²) in [6.07, 6.45) is 2.81.